The zero-order valence-electron chi connectivity index (χ0n) is 8.84. The van der Waals surface area contributed by atoms with E-state index in [-0.39, 0.29) is 0 Å². The van der Waals surface area contributed by atoms with Crippen molar-refractivity contribution in [2.45, 2.75) is 31.8 Å². The van der Waals surface area contributed by atoms with Crippen molar-refractivity contribution in [2.24, 2.45) is 5.92 Å². The molecule has 0 aliphatic carbocycles. The summed E-state index contributed by atoms with van der Waals surface area (Å²) in [7, 11) is 0. The van der Waals surface area contributed by atoms with Gasteiger partial charge >= 0.3 is 0 Å². The Balaban J connectivity index is 1.60. The predicted molar refractivity (Wildman–Crippen MR) is 55.4 cm³/mol. The van der Waals surface area contributed by atoms with Crippen LogP contribution in [0.3, 0.4) is 0 Å². The van der Waals surface area contributed by atoms with E-state index in [1.807, 2.05) is 0 Å². The molecule has 0 amide bonds. The van der Waals surface area contributed by atoms with Gasteiger partial charge in [-0.05, 0) is 44.7 Å². The molecule has 0 radical (unpaired) electrons. The molecule has 2 aliphatic rings. The minimum absolute atomic E-state index is 0.374. The van der Waals surface area contributed by atoms with E-state index >= 15 is 0 Å². The summed E-state index contributed by atoms with van der Waals surface area (Å²) in [5.41, 5.74) is 0. The SMILES string of the molecule is C1COCC(OCC2CCNCC2)C1. The maximum atomic E-state index is 5.87. The topological polar surface area (TPSA) is 30.5 Å². The van der Waals surface area contributed by atoms with Crippen molar-refractivity contribution in [1.82, 2.24) is 5.32 Å². The van der Waals surface area contributed by atoms with E-state index in [0.717, 1.165) is 45.2 Å². The molecule has 14 heavy (non-hydrogen) atoms. The molecule has 3 heteroatoms. The Hall–Kier alpha value is -0.120. The monoisotopic (exact) mass is 199 g/mol. The number of ether oxygens (including phenoxy) is 2. The van der Waals surface area contributed by atoms with Crippen LogP contribution < -0.4 is 5.32 Å². The molecule has 82 valence electrons. The van der Waals surface area contributed by atoms with Crippen LogP contribution in [0.15, 0.2) is 0 Å². The van der Waals surface area contributed by atoms with Gasteiger partial charge in [0.15, 0.2) is 0 Å². The summed E-state index contributed by atoms with van der Waals surface area (Å²) in [5, 5.41) is 3.37. The fourth-order valence-electron chi connectivity index (χ4n) is 2.16. The van der Waals surface area contributed by atoms with Crippen molar-refractivity contribution in [3.05, 3.63) is 0 Å². The van der Waals surface area contributed by atoms with Crippen molar-refractivity contribution >= 4 is 0 Å². The first-order chi connectivity index (χ1) is 6.95. The smallest absolute Gasteiger partial charge is 0.0809 e. The van der Waals surface area contributed by atoms with Crippen LogP contribution >= 0.6 is 0 Å². The highest BCUT2D eigenvalue weighted by atomic mass is 16.5. The summed E-state index contributed by atoms with van der Waals surface area (Å²) < 4.78 is 11.3. The molecular formula is C11H21NO2. The molecule has 0 saturated carbocycles. The van der Waals surface area contributed by atoms with Crippen LogP contribution in [0.1, 0.15) is 25.7 Å². The first-order valence-corrected chi connectivity index (χ1v) is 5.85. The molecule has 1 atom stereocenters. The van der Waals surface area contributed by atoms with Gasteiger partial charge in [0, 0.05) is 13.2 Å². The minimum Gasteiger partial charge on any atom is -0.379 e. The number of rotatable bonds is 3. The Morgan fingerprint density at radius 3 is 2.79 bits per heavy atom. The van der Waals surface area contributed by atoms with E-state index in [1.165, 1.54) is 19.3 Å². The lowest BCUT2D eigenvalue weighted by Crippen LogP contribution is -2.33. The third-order valence-corrected chi connectivity index (χ3v) is 3.14. The Bertz CT molecular complexity index is 133. The molecule has 1 N–H and O–H groups in total. The Morgan fingerprint density at radius 1 is 1.21 bits per heavy atom. The van der Waals surface area contributed by atoms with Gasteiger partial charge in [0.25, 0.3) is 0 Å². The van der Waals surface area contributed by atoms with Crippen LogP contribution in [0, 0.1) is 5.92 Å². The third kappa shape index (κ3) is 3.23. The molecule has 0 aromatic heterocycles. The highest BCUT2D eigenvalue weighted by molar-refractivity contribution is 4.69. The number of hydrogen-bond donors (Lipinski definition) is 1. The van der Waals surface area contributed by atoms with Gasteiger partial charge in [-0.3, -0.25) is 0 Å². The summed E-state index contributed by atoms with van der Waals surface area (Å²) in [6.45, 7) is 5.00. The van der Waals surface area contributed by atoms with E-state index in [1.54, 1.807) is 0 Å². The highest BCUT2D eigenvalue weighted by Gasteiger charge is 2.18. The van der Waals surface area contributed by atoms with Gasteiger partial charge < -0.3 is 14.8 Å². The number of nitrogens with one attached hydrogen (secondary N) is 1. The molecule has 0 aromatic rings. The minimum atomic E-state index is 0.374. The molecule has 1 unspecified atom stereocenters. The molecular weight excluding hydrogens is 178 g/mol. The van der Waals surface area contributed by atoms with Crippen LogP contribution in [-0.2, 0) is 9.47 Å². The zero-order valence-corrected chi connectivity index (χ0v) is 8.84. The Morgan fingerprint density at radius 2 is 2.07 bits per heavy atom. The van der Waals surface area contributed by atoms with Gasteiger partial charge in [0.2, 0.25) is 0 Å². The largest absolute Gasteiger partial charge is 0.379 e. The second kappa shape index (κ2) is 5.69. The summed E-state index contributed by atoms with van der Waals surface area (Å²) >= 11 is 0. The molecule has 2 saturated heterocycles. The van der Waals surface area contributed by atoms with Crippen LogP contribution in [0.25, 0.3) is 0 Å². The van der Waals surface area contributed by atoms with Gasteiger partial charge in [-0.25, -0.2) is 0 Å². The van der Waals surface area contributed by atoms with Gasteiger partial charge in [0.05, 0.1) is 12.7 Å². The summed E-state index contributed by atoms with van der Waals surface area (Å²) in [5.74, 6) is 0.776. The first-order valence-electron chi connectivity index (χ1n) is 5.85. The van der Waals surface area contributed by atoms with Crippen LogP contribution in [0.5, 0.6) is 0 Å². The van der Waals surface area contributed by atoms with E-state index in [4.69, 9.17) is 9.47 Å². The standard InChI is InChI=1S/C11H21NO2/c1-2-11(9-13-7-1)14-8-10-3-5-12-6-4-10/h10-12H,1-9H2. The summed E-state index contributed by atoms with van der Waals surface area (Å²) in [6.07, 6.45) is 5.27. The number of piperidine rings is 1. The highest BCUT2D eigenvalue weighted by Crippen LogP contribution is 2.15. The summed E-state index contributed by atoms with van der Waals surface area (Å²) in [4.78, 5) is 0. The second-order valence-electron chi connectivity index (χ2n) is 4.37. The van der Waals surface area contributed by atoms with Crippen molar-refractivity contribution < 1.29 is 9.47 Å². The molecule has 2 fully saturated rings. The summed E-state index contributed by atoms with van der Waals surface area (Å²) in [6, 6.07) is 0. The predicted octanol–water partition coefficient (Wildman–Crippen LogP) is 1.18. The zero-order chi connectivity index (χ0) is 9.64. The molecule has 3 nitrogen and oxygen atoms in total. The van der Waals surface area contributed by atoms with Crippen LogP contribution in [0.4, 0.5) is 0 Å². The van der Waals surface area contributed by atoms with Gasteiger partial charge in [-0.1, -0.05) is 0 Å². The fourth-order valence-corrected chi connectivity index (χ4v) is 2.16. The van der Waals surface area contributed by atoms with E-state index < -0.39 is 0 Å². The molecule has 2 heterocycles. The average Bonchev–Trinajstić information content (AvgIpc) is 2.29. The van der Waals surface area contributed by atoms with E-state index in [9.17, 15) is 0 Å². The van der Waals surface area contributed by atoms with Gasteiger partial charge in [-0.15, -0.1) is 0 Å². The van der Waals surface area contributed by atoms with Gasteiger partial charge in [0.1, 0.15) is 0 Å². The second-order valence-corrected chi connectivity index (χ2v) is 4.37. The van der Waals surface area contributed by atoms with Crippen molar-refractivity contribution in [3.8, 4) is 0 Å². The van der Waals surface area contributed by atoms with Crippen molar-refractivity contribution in [1.29, 1.82) is 0 Å². The maximum Gasteiger partial charge on any atom is 0.0809 e. The lowest BCUT2D eigenvalue weighted by molar-refractivity contribution is -0.0620. The average molecular weight is 199 g/mol. The third-order valence-electron chi connectivity index (χ3n) is 3.14. The van der Waals surface area contributed by atoms with Crippen molar-refractivity contribution in [3.63, 3.8) is 0 Å². The number of hydrogen-bond acceptors (Lipinski definition) is 3. The maximum absolute atomic E-state index is 5.87. The lowest BCUT2D eigenvalue weighted by Gasteiger charge is -2.27. The molecule has 0 bridgehead atoms. The molecule has 2 aliphatic heterocycles. The normalized spacial score (nSPS) is 30.4. The Labute approximate surface area is 86.2 Å². The Kier molecular flexibility index (Phi) is 4.22. The van der Waals surface area contributed by atoms with Gasteiger partial charge in [-0.2, -0.15) is 0 Å². The van der Waals surface area contributed by atoms with Crippen LogP contribution in [0.2, 0.25) is 0 Å². The lowest BCUT2D eigenvalue weighted by atomic mass is 9.99. The quantitative estimate of drug-likeness (QED) is 0.740. The van der Waals surface area contributed by atoms with Crippen molar-refractivity contribution in [2.75, 3.05) is 32.9 Å². The molecule has 2 rings (SSSR count). The molecule has 0 aromatic carbocycles. The van der Waals surface area contributed by atoms with Crippen LogP contribution in [-0.4, -0.2) is 39.0 Å². The first kappa shape index (κ1) is 10.4. The fraction of sp³-hybridized carbons (Fsp3) is 1.00. The van der Waals surface area contributed by atoms with E-state index in [2.05, 4.69) is 5.32 Å². The molecule has 0 spiro atoms. The van der Waals surface area contributed by atoms with E-state index in [0.29, 0.717) is 6.10 Å².